The number of rotatable bonds is 7. The number of benzene rings is 2. The third-order valence-electron chi connectivity index (χ3n) is 5.65. The Balaban J connectivity index is 1.43. The number of anilines is 1. The Hall–Kier alpha value is -2.75. The minimum absolute atomic E-state index is 0.224. The summed E-state index contributed by atoms with van der Waals surface area (Å²) in [6, 6.07) is 15.9. The predicted molar refractivity (Wildman–Crippen MR) is 122 cm³/mol. The van der Waals surface area contributed by atoms with E-state index in [9.17, 15) is 17.6 Å². The summed E-state index contributed by atoms with van der Waals surface area (Å²) in [6.07, 6.45) is 1.45. The van der Waals surface area contributed by atoms with E-state index in [2.05, 4.69) is 10.0 Å². The first-order valence-electron chi connectivity index (χ1n) is 10.2. The van der Waals surface area contributed by atoms with Crippen LogP contribution in [0.4, 0.5) is 10.1 Å². The first kappa shape index (κ1) is 22.4. The van der Waals surface area contributed by atoms with Crippen LogP contribution in [0.1, 0.15) is 28.8 Å². The lowest BCUT2D eigenvalue weighted by Gasteiger charge is -2.38. The molecule has 0 atom stereocenters. The van der Waals surface area contributed by atoms with Crippen LogP contribution in [0.5, 0.6) is 0 Å². The molecule has 2 heterocycles. The van der Waals surface area contributed by atoms with Crippen LogP contribution in [-0.4, -0.2) is 34.1 Å². The molecule has 168 valence electrons. The summed E-state index contributed by atoms with van der Waals surface area (Å²) in [6.45, 7) is 1.55. The van der Waals surface area contributed by atoms with Crippen molar-refractivity contribution in [2.24, 2.45) is 0 Å². The second-order valence-corrected chi connectivity index (χ2v) is 10.6. The maximum Gasteiger partial charge on any atom is 0.271 e. The van der Waals surface area contributed by atoms with Crippen molar-refractivity contribution < 1.29 is 22.3 Å². The van der Waals surface area contributed by atoms with Gasteiger partial charge in [-0.1, -0.05) is 18.2 Å². The van der Waals surface area contributed by atoms with Crippen LogP contribution in [0.2, 0.25) is 0 Å². The Bertz CT molecular complexity index is 1160. The molecule has 1 amide bonds. The normalized spacial score (nSPS) is 15.8. The van der Waals surface area contributed by atoms with Crippen LogP contribution in [0.15, 0.2) is 70.3 Å². The van der Waals surface area contributed by atoms with Crippen LogP contribution in [0.25, 0.3) is 0 Å². The largest absolute Gasteiger partial charge is 0.381 e. The molecule has 0 saturated carbocycles. The molecule has 6 nitrogen and oxygen atoms in total. The summed E-state index contributed by atoms with van der Waals surface area (Å²) >= 11 is 1.13. The molecule has 1 saturated heterocycles. The molecular formula is C23H23FN2O4S2. The van der Waals surface area contributed by atoms with Gasteiger partial charge in [0.1, 0.15) is 10.0 Å². The van der Waals surface area contributed by atoms with Crippen LogP contribution >= 0.6 is 11.3 Å². The number of hydrogen-bond acceptors (Lipinski definition) is 5. The number of ether oxygens (including phenoxy) is 1. The number of carbonyl (C=O) groups is 1. The van der Waals surface area contributed by atoms with E-state index >= 15 is 0 Å². The molecule has 1 aliphatic rings. The lowest BCUT2D eigenvalue weighted by atomic mass is 9.74. The molecule has 0 bridgehead atoms. The number of thiophene rings is 1. The van der Waals surface area contributed by atoms with Gasteiger partial charge in [0.15, 0.2) is 0 Å². The molecule has 2 N–H and O–H groups in total. The van der Waals surface area contributed by atoms with Gasteiger partial charge in [-0.05, 0) is 66.2 Å². The third-order valence-corrected chi connectivity index (χ3v) is 8.43. The van der Waals surface area contributed by atoms with Gasteiger partial charge in [-0.2, -0.15) is 0 Å². The molecule has 1 aromatic heterocycles. The molecule has 4 rings (SSSR count). The lowest BCUT2D eigenvalue weighted by Crippen LogP contribution is -2.44. The number of halogens is 1. The molecule has 32 heavy (non-hydrogen) atoms. The Kier molecular flexibility index (Phi) is 6.59. The highest BCUT2D eigenvalue weighted by atomic mass is 32.2. The van der Waals surface area contributed by atoms with Crippen molar-refractivity contribution in [3.63, 3.8) is 0 Å². The monoisotopic (exact) mass is 474 g/mol. The van der Waals surface area contributed by atoms with Crippen LogP contribution in [-0.2, 0) is 20.2 Å². The average molecular weight is 475 g/mol. The summed E-state index contributed by atoms with van der Waals surface area (Å²) in [5.41, 5.74) is 1.45. The van der Waals surface area contributed by atoms with Gasteiger partial charge >= 0.3 is 0 Å². The summed E-state index contributed by atoms with van der Waals surface area (Å²) in [7, 11) is -3.64. The van der Waals surface area contributed by atoms with Gasteiger partial charge in [0.05, 0.1) is 0 Å². The van der Waals surface area contributed by atoms with E-state index in [0.29, 0.717) is 31.0 Å². The van der Waals surface area contributed by atoms with Crippen molar-refractivity contribution in [1.82, 2.24) is 5.32 Å². The molecule has 0 aliphatic carbocycles. The number of nitrogens with one attached hydrogen (secondary N) is 2. The van der Waals surface area contributed by atoms with Crippen LogP contribution in [0.3, 0.4) is 0 Å². The molecule has 3 aromatic rings. The first-order chi connectivity index (χ1) is 15.4. The van der Waals surface area contributed by atoms with Gasteiger partial charge in [0, 0.05) is 36.4 Å². The van der Waals surface area contributed by atoms with E-state index in [0.717, 1.165) is 29.7 Å². The van der Waals surface area contributed by atoms with Crippen molar-refractivity contribution in [3.8, 4) is 0 Å². The van der Waals surface area contributed by atoms with Crippen molar-refractivity contribution in [1.29, 1.82) is 0 Å². The maximum absolute atomic E-state index is 13.4. The Morgan fingerprint density at radius 3 is 2.34 bits per heavy atom. The van der Waals surface area contributed by atoms with E-state index in [1.54, 1.807) is 47.8 Å². The van der Waals surface area contributed by atoms with Gasteiger partial charge in [-0.15, -0.1) is 11.3 Å². The minimum Gasteiger partial charge on any atom is -0.381 e. The number of hydrogen-bond donors (Lipinski definition) is 2. The first-order valence-corrected chi connectivity index (χ1v) is 12.5. The number of amides is 1. The zero-order valence-corrected chi connectivity index (χ0v) is 18.8. The molecular weight excluding hydrogens is 451 g/mol. The number of carbonyl (C=O) groups excluding carboxylic acids is 1. The zero-order valence-electron chi connectivity index (χ0n) is 17.2. The predicted octanol–water partition coefficient (Wildman–Crippen LogP) is 4.17. The SMILES string of the molecule is O=C(NCC1(c2ccc(F)cc2)CCOCC1)c1ccc(NS(=O)(=O)c2cccs2)cc1. The molecule has 2 aromatic carbocycles. The lowest BCUT2D eigenvalue weighted by molar-refractivity contribution is 0.0487. The van der Waals surface area contributed by atoms with Crippen molar-refractivity contribution >= 4 is 33.0 Å². The Morgan fingerprint density at radius 1 is 1.03 bits per heavy atom. The molecule has 9 heteroatoms. The fraction of sp³-hybridized carbons (Fsp3) is 0.261. The van der Waals surface area contributed by atoms with E-state index in [1.807, 2.05) is 0 Å². The van der Waals surface area contributed by atoms with Crippen molar-refractivity contribution in [3.05, 3.63) is 83.0 Å². The van der Waals surface area contributed by atoms with Crippen LogP contribution < -0.4 is 10.0 Å². The summed E-state index contributed by atoms with van der Waals surface area (Å²) in [5.74, 6) is -0.555. The summed E-state index contributed by atoms with van der Waals surface area (Å²) < 4.78 is 46.3. The topological polar surface area (TPSA) is 84.5 Å². The Morgan fingerprint density at radius 2 is 1.72 bits per heavy atom. The summed E-state index contributed by atoms with van der Waals surface area (Å²) in [4.78, 5) is 12.8. The molecule has 1 fully saturated rings. The zero-order chi connectivity index (χ0) is 22.6. The second kappa shape index (κ2) is 9.40. The number of sulfonamides is 1. The Labute approximate surface area is 190 Å². The van der Waals surface area contributed by atoms with E-state index in [1.165, 1.54) is 18.2 Å². The highest BCUT2D eigenvalue weighted by Gasteiger charge is 2.35. The minimum atomic E-state index is -3.64. The quantitative estimate of drug-likeness (QED) is 0.538. The molecule has 0 spiro atoms. The fourth-order valence-corrected chi connectivity index (χ4v) is 5.85. The summed E-state index contributed by atoms with van der Waals surface area (Å²) in [5, 5.41) is 4.68. The smallest absolute Gasteiger partial charge is 0.271 e. The molecule has 0 unspecified atom stereocenters. The standard InChI is InChI=1S/C23H23FN2O4S2/c24-19-7-5-18(6-8-19)23(11-13-30-14-12-23)16-25-22(27)17-3-9-20(10-4-17)26-32(28,29)21-2-1-15-31-21/h1-10,15,26H,11-14,16H2,(H,25,27). The average Bonchev–Trinajstić information content (AvgIpc) is 3.35. The van der Waals surface area contributed by atoms with Gasteiger partial charge in [0.2, 0.25) is 0 Å². The van der Waals surface area contributed by atoms with E-state index in [4.69, 9.17) is 4.74 Å². The van der Waals surface area contributed by atoms with Gasteiger partial charge < -0.3 is 10.1 Å². The molecule has 0 radical (unpaired) electrons. The van der Waals surface area contributed by atoms with Gasteiger partial charge in [-0.25, -0.2) is 12.8 Å². The van der Waals surface area contributed by atoms with Gasteiger partial charge in [-0.3, -0.25) is 9.52 Å². The van der Waals surface area contributed by atoms with Crippen LogP contribution in [0, 0.1) is 5.82 Å². The highest BCUT2D eigenvalue weighted by Crippen LogP contribution is 2.34. The van der Waals surface area contributed by atoms with E-state index < -0.39 is 10.0 Å². The van der Waals surface area contributed by atoms with E-state index in [-0.39, 0.29) is 21.3 Å². The van der Waals surface area contributed by atoms with Crippen molar-refractivity contribution in [2.75, 3.05) is 24.5 Å². The molecule has 1 aliphatic heterocycles. The fourth-order valence-electron chi connectivity index (χ4n) is 3.80. The third kappa shape index (κ3) is 5.01. The second-order valence-electron chi connectivity index (χ2n) is 7.70. The maximum atomic E-state index is 13.4. The highest BCUT2D eigenvalue weighted by molar-refractivity contribution is 7.94. The van der Waals surface area contributed by atoms with Gasteiger partial charge in [0.25, 0.3) is 15.9 Å². The van der Waals surface area contributed by atoms with Crippen molar-refractivity contribution in [2.45, 2.75) is 22.5 Å².